The molecule has 2 aromatic carbocycles. The zero-order valence-electron chi connectivity index (χ0n) is 34.5. The van der Waals surface area contributed by atoms with Crippen molar-refractivity contribution in [2.75, 3.05) is 56.5 Å². The van der Waals surface area contributed by atoms with Crippen LogP contribution in [0.4, 0.5) is 16.6 Å². The first kappa shape index (κ1) is 40.7. The van der Waals surface area contributed by atoms with Gasteiger partial charge in [-0.1, -0.05) is 57.2 Å². The summed E-state index contributed by atoms with van der Waals surface area (Å²) in [6.07, 6.45) is 7.89. The van der Waals surface area contributed by atoms with Crippen LogP contribution in [0.25, 0.3) is 11.3 Å². The molecular weight excluding hydrogens is 733 g/mol. The fourth-order valence-corrected chi connectivity index (χ4v) is 8.25. The molecule has 3 aliphatic rings. The van der Waals surface area contributed by atoms with E-state index < -0.39 is 0 Å². The van der Waals surface area contributed by atoms with E-state index in [0.717, 1.165) is 111 Å². The average Bonchev–Trinajstić information content (AvgIpc) is 3.84. The van der Waals surface area contributed by atoms with Crippen molar-refractivity contribution in [3.63, 3.8) is 0 Å². The normalized spacial score (nSPS) is 20.2. The Hall–Kier alpha value is -5.47. The van der Waals surface area contributed by atoms with Gasteiger partial charge >= 0.3 is 6.03 Å². The Labute approximate surface area is 341 Å². The Kier molecular flexibility index (Phi) is 12.6. The van der Waals surface area contributed by atoms with Crippen molar-refractivity contribution in [2.24, 2.45) is 0 Å². The molecule has 2 amide bonds. The van der Waals surface area contributed by atoms with Gasteiger partial charge < -0.3 is 29.9 Å². The summed E-state index contributed by atoms with van der Waals surface area (Å²) < 4.78 is 10.6. The van der Waals surface area contributed by atoms with Crippen molar-refractivity contribution >= 4 is 29.9 Å². The average molecular weight is 791 g/mol. The van der Waals surface area contributed by atoms with E-state index in [0.29, 0.717) is 11.9 Å². The number of nitrogens with one attached hydrogen (secondary N) is 2. The van der Waals surface area contributed by atoms with Crippen LogP contribution in [0, 0.1) is 0 Å². The second-order valence-electron chi connectivity index (χ2n) is 16.8. The molecule has 0 bridgehead atoms. The highest BCUT2D eigenvalue weighted by Crippen LogP contribution is 2.39. The number of fused-ring (bicyclic) bond motifs is 2. The molecule has 0 spiro atoms. The standard InChI is InChI=1S/C43H56N10O2.CH2O2/c1-30-11-8-9-21-51(30)42-47-46-39-19-16-33(29-52(39)42)55-37-18-17-36(34-14-6-7-15-35(34)37)44-41(54)45-40-28-38(43(2,3)4)48-53(40)32-13-10-12-31(27-32)20-22-50-25-23-49(5)24-26-50;2-1-3/h6-7,10,12-16,19,27-30,36-37H,8-9,11,17-18,20-26H2,1-5H3,(H2,44,45,54);1H,(H,2,3)/t30?,36-,37+;/m0./s1. The summed E-state index contributed by atoms with van der Waals surface area (Å²) in [7, 11) is 2.19. The minimum absolute atomic E-state index is 0.150. The number of piperazine rings is 1. The van der Waals surface area contributed by atoms with Crippen molar-refractivity contribution in [2.45, 2.75) is 89.8 Å². The molecule has 0 radical (unpaired) electrons. The van der Waals surface area contributed by atoms with E-state index in [1.54, 1.807) is 0 Å². The Balaban J connectivity index is 0.00000166. The van der Waals surface area contributed by atoms with Gasteiger partial charge in [0.1, 0.15) is 17.7 Å². The van der Waals surface area contributed by atoms with Crippen LogP contribution in [0.2, 0.25) is 0 Å². The van der Waals surface area contributed by atoms with Crippen molar-refractivity contribution in [1.82, 2.24) is 39.5 Å². The third kappa shape index (κ3) is 9.45. The van der Waals surface area contributed by atoms with Crippen molar-refractivity contribution in [3.05, 3.63) is 95.3 Å². The maximum Gasteiger partial charge on any atom is 0.320 e. The molecule has 1 unspecified atom stereocenters. The number of urea groups is 1. The molecule has 3 aromatic heterocycles. The SMILES string of the molecule is CC1CCCCN1c1nnc2ccc(O[C@@H]3CC[C@H](NC(=O)Nc4cc(C(C)(C)C)nn4-c4cccc(CCN5CCN(C)CC5)c4)c4ccccc43)cn12.O=CO. The Bertz CT molecular complexity index is 2170. The summed E-state index contributed by atoms with van der Waals surface area (Å²) in [5.41, 5.74) is 5.88. The lowest BCUT2D eigenvalue weighted by atomic mass is 9.85. The Morgan fingerprint density at radius 3 is 2.47 bits per heavy atom. The van der Waals surface area contributed by atoms with Gasteiger partial charge in [0.15, 0.2) is 5.65 Å². The highest BCUT2D eigenvalue weighted by molar-refractivity contribution is 5.89. The number of anilines is 2. The fourth-order valence-electron chi connectivity index (χ4n) is 8.25. The van der Waals surface area contributed by atoms with Crippen LogP contribution in [0.1, 0.15) is 94.3 Å². The molecule has 2 saturated heterocycles. The number of carbonyl (C=O) groups excluding carboxylic acids is 1. The first-order chi connectivity index (χ1) is 28.0. The van der Waals surface area contributed by atoms with E-state index in [1.165, 1.54) is 12.0 Å². The second kappa shape index (κ2) is 18.0. The predicted octanol–water partition coefficient (Wildman–Crippen LogP) is 6.86. The van der Waals surface area contributed by atoms with Crippen LogP contribution in [-0.4, -0.2) is 104 Å². The van der Waals surface area contributed by atoms with Gasteiger partial charge in [0, 0.05) is 56.8 Å². The van der Waals surface area contributed by atoms with Crippen LogP contribution in [0.3, 0.4) is 0 Å². The van der Waals surface area contributed by atoms with Crippen molar-refractivity contribution < 1.29 is 19.4 Å². The molecular formula is C44H58N10O4. The Morgan fingerprint density at radius 2 is 1.71 bits per heavy atom. The van der Waals surface area contributed by atoms with E-state index >= 15 is 0 Å². The van der Waals surface area contributed by atoms with Crippen molar-refractivity contribution in [1.29, 1.82) is 0 Å². The molecule has 5 heterocycles. The van der Waals surface area contributed by atoms with E-state index in [4.69, 9.17) is 19.7 Å². The molecule has 2 aliphatic heterocycles. The summed E-state index contributed by atoms with van der Waals surface area (Å²) in [4.78, 5) is 29.5. The number of nitrogens with zero attached hydrogens (tertiary/aromatic N) is 8. The lowest BCUT2D eigenvalue weighted by molar-refractivity contribution is -0.122. The van der Waals surface area contributed by atoms with Gasteiger partial charge in [0.25, 0.3) is 6.47 Å². The summed E-state index contributed by atoms with van der Waals surface area (Å²) in [5, 5.41) is 27.4. The number of ether oxygens (including phenoxy) is 1. The van der Waals surface area contributed by atoms with Gasteiger partial charge in [-0.05, 0) is 93.5 Å². The van der Waals surface area contributed by atoms with E-state index in [1.807, 2.05) is 41.2 Å². The first-order valence-electron chi connectivity index (χ1n) is 20.6. The number of piperidine rings is 1. The second-order valence-corrected chi connectivity index (χ2v) is 16.8. The van der Waals surface area contributed by atoms with Crippen LogP contribution in [-0.2, 0) is 16.6 Å². The maximum atomic E-state index is 13.8. The van der Waals surface area contributed by atoms with Crippen LogP contribution in [0.15, 0.2) is 72.9 Å². The van der Waals surface area contributed by atoms with E-state index in [2.05, 4.69) is 111 Å². The number of amides is 2. The fraction of sp³-hybridized carbons (Fsp3) is 0.477. The highest BCUT2D eigenvalue weighted by Gasteiger charge is 2.31. The summed E-state index contributed by atoms with van der Waals surface area (Å²) in [5.74, 6) is 2.29. The van der Waals surface area contributed by atoms with E-state index in [9.17, 15) is 4.79 Å². The molecule has 5 aromatic rings. The molecule has 1 aliphatic carbocycles. The monoisotopic (exact) mass is 790 g/mol. The van der Waals surface area contributed by atoms with Gasteiger partial charge in [0.05, 0.1) is 23.6 Å². The van der Waals surface area contributed by atoms with Gasteiger partial charge in [0.2, 0.25) is 5.95 Å². The lowest BCUT2D eigenvalue weighted by Gasteiger charge is -2.33. The molecule has 0 saturated carbocycles. The number of pyridine rings is 1. The zero-order chi connectivity index (χ0) is 40.8. The predicted molar refractivity (Wildman–Crippen MR) is 226 cm³/mol. The van der Waals surface area contributed by atoms with Gasteiger partial charge in [-0.3, -0.25) is 14.5 Å². The first-order valence-corrected chi connectivity index (χ1v) is 20.6. The van der Waals surface area contributed by atoms with Gasteiger partial charge in [-0.15, -0.1) is 10.2 Å². The summed E-state index contributed by atoms with van der Waals surface area (Å²) in [6.45, 7) is 14.9. The summed E-state index contributed by atoms with van der Waals surface area (Å²) >= 11 is 0. The third-order valence-electron chi connectivity index (χ3n) is 11.6. The quantitative estimate of drug-likeness (QED) is 0.136. The summed E-state index contributed by atoms with van der Waals surface area (Å²) in [6, 6.07) is 22.8. The van der Waals surface area contributed by atoms with Gasteiger partial charge in [-0.25, -0.2) is 9.48 Å². The molecule has 14 nitrogen and oxygen atoms in total. The smallest absolute Gasteiger partial charge is 0.320 e. The Morgan fingerprint density at radius 1 is 0.931 bits per heavy atom. The number of carboxylic acid groups (broad SMARTS) is 1. The topological polar surface area (TPSA) is 145 Å². The number of aromatic nitrogens is 5. The number of hydrogen-bond donors (Lipinski definition) is 3. The number of benzene rings is 2. The lowest BCUT2D eigenvalue weighted by Crippen LogP contribution is -2.45. The minimum atomic E-state index is -0.260. The zero-order valence-corrected chi connectivity index (χ0v) is 34.5. The van der Waals surface area contributed by atoms with Crippen LogP contribution < -0.4 is 20.3 Å². The number of carbonyl (C=O) groups is 2. The molecule has 3 N–H and O–H groups in total. The molecule has 8 rings (SSSR count). The molecule has 308 valence electrons. The molecule has 2 fully saturated rings. The highest BCUT2D eigenvalue weighted by atomic mass is 16.5. The molecule has 3 atom stereocenters. The number of hydrogen-bond acceptors (Lipinski definition) is 9. The number of likely N-dealkylation sites (N-methyl/N-ethyl adjacent to an activating group) is 1. The van der Waals surface area contributed by atoms with Crippen molar-refractivity contribution in [3.8, 4) is 11.4 Å². The minimum Gasteiger partial charge on any atom is -0.484 e. The molecule has 58 heavy (non-hydrogen) atoms. The van der Waals surface area contributed by atoms with Crippen LogP contribution in [0.5, 0.6) is 5.75 Å². The number of rotatable bonds is 9. The van der Waals surface area contributed by atoms with Crippen LogP contribution >= 0.6 is 0 Å². The maximum absolute atomic E-state index is 13.8. The van der Waals surface area contributed by atoms with Gasteiger partial charge in [-0.2, -0.15) is 5.10 Å². The largest absolute Gasteiger partial charge is 0.484 e. The third-order valence-corrected chi connectivity index (χ3v) is 11.6. The molecule has 14 heteroatoms. The van der Waals surface area contributed by atoms with E-state index in [-0.39, 0.29) is 30.1 Å².